The van der Waals surface area contributed by atoms with E-state index in [9.17, 15) is 28.2 Å². The molecule has 1 atom stereocenters. The fourth-order valence-electron chi connectivity index (χ4n) is 5.11. The Hall–Kier alpha value is -2.78. The first-order valence-electron chi connectivity index (χ1n) is 12.0. The summed E-state index contributed by atoms with van der Waals surface area (Å²) in [7, 11) is 0. The molecule has 1 amide bonds. The number of rotatable bonds is 7. The Morgan fingerprint density at radius 2 is 2.03 bits per heavy atom. The summed E-state index contributed by atoms with van der Waals surface area (Å²) in [6.07, 6.45) is -1.41. The number of fused-ring (bicyclic) bond motifs is 1. The molecule has 1 aromatic carbocycles. The Morgan fingerprint density at radius 3 is 2.65 bits per heavy atom. The molecule has 2 fully saturated rings. The summed E-state index contributed by atoms with van der Waals surface area (Å²) >= 11 is 1.47. The fourth-order valence-corrected chi connectivity index (χ4v) is 5.90. The minimum absolute atomic E-state index is 0.0194. The first-order valence-corrected chi connectivity index (χ1v) is 12.8. The molecule has 5 rings (SSSR count). The van der Waals surface area contributed by atoms with Gasteiger partial charge in [0, 0.05) is 36.1 Å². The van der Waals surface area contributed by atoms with E-state index in [-0.39, 0.29) is 35.2 Å². The average Bonchev–Trinajstić information content (AvgIpc) is 3.49. The van der Waals surface area contributed by atoms with Crippen LogP contribution in [-0.2, 0) is 16.6 Å². The lowest BCUT2D eigenvalue weighted by Crippen LogP contribution is -2.63. The molecule has 1 aliphatic carbocycles. The SMILES string of the molecule is NC(O)n1nc(NCC(=O)NC2CN(C3CCC(O)(c4nccs4)CC3)C2)c2cc(C(F)(F)F)ccc21. The summed E-state index contributed by atoms with van der Waals surface area (Å²) in [4.78, 5) is 19.1. The molecule has 1 aliphatic heterocycles. The van der Waals surface area contributed by atoms with Crippen molar-refractivity contribution in [2.75, 3.05) is 25.0 Å². The number of likely N-dealkylation sites (tertiary alicyclic amines) is 1. The Balaban J connectivity index is 1.13. The second-order valence-electron chi connectivity index (χ2n) is 9.61. The summed E-state index contributed by atoms with van der Waals surface area (Å²) in [5, 5.41) is 33.1. The molecule has 6 N–H and O–H groups in total. The van der Waals surface area contributed by atoms with Crippen LogP contribution in [-0.4, -0.2) is 67.5 Å². The zero-order valence-electron chi connectivity index (χ0n) is 19.8. The number of hydrogen-bond donors (Lipinski definition) is 5. The Bertz CT molecular complexity index is 1250. The van der Waals surface area contributed by atoms with E-state index in [2.05, 4.69) is 25.6 Å². The molecular formula is C23H28F3N7O3S. The van der Waals surface area contributed by atoms with Gasteiger partial charge in [-0.25, -0.2) is 9.67 Å². The highest BCUT2D eigenvalue weighted by Gasteiger charge is 2.41. The summed E-state index contributed by atoms with van der Waals surface area (Å²) in [6, 6.07) is 3.27. The number of nitrogens with zero attached hydrogens (tertiary/aromatic N) is 4. The molecule has 2 aromatic heterocycles. The molecule has 14 heteroatoms. The van der Waals surface area contributed by atoms with Crippen LogP contribution in [0.25, 0.3) is 10.9 Å². The third kappa shape index (κ3) is 5.29. The van der Waals surface area contributed by atoms with Crippen molar-refractivity contribution in [1.29, 1.82) is 0 Å². The number of halogens is 3. The van der Waals surface area contributed by atoms with Gasteiger partial charge in [0.25, 0.3) is 0 Å². The molecule has 0 bridgehead atoms. The van der Waals surface area contributed by atoms with Gasteiger partial charge < -0.3 is 20.8 Å². The minimum atomic E-state index is -4.56. The zero-order valence-corrected chi connectivity index (χ0v) is 20.6. The van der Waals surface area contributed by atoms with Gasteiger partial charge in [0.1, 0.15) is 10.6 Å². The topological polar surface area (TPSA) is 142 Å². The van der Waals surface area contributed by atoms with E-state index in [1.165, 1.54) is 17.4 Å². The van der Waals surface area contributed by atoms with Gasteiger partial charge in [-0.05, 0) is 43.9 Å². The standard InChI is InChI=1S/C23H28F3N7O3S/c24-23(25,26)13-1-2-17-16(9-13)19(31-33(17)21(27)35)29-10-18(34)30-14-11-32(12-14)15-3-5-22(36,6-4-15)20-28-7-8-37-20/h1-2,7-9,14-15,21,35-36H,3-6,10-12,27H2,(H,29,31)(H,30,34). The van der Waals surface area contributed by atoms with Gasteiger partial charge in [-0.15, -0.1) is 11.3 Å². The van der Waals surface area contributed by atoms with E-state index < -0.39 is 23.7 Å². The first-order chi connectivity index (χ1) is 17.5. The van der Waals surface area contributed by atoms with Crippen LogP contribution in [0.2, 0.25) is 0 Å². The highest BCUT2D eigenvalue weighted by molar-refractivity contribution is 7.09. The zero-order chi connectivity index (χ0) is 26.4. The van der Waals surface area contributed by atoms with Crippen LogP contribution in [0, 0.1) is 0 Å². The number of aliphatic hydroxyl groups is 2. The normalized spacial score (nSPS) is 24.1. The van der Waals surface area contributed by atoms with Crippen molar-refractivity contribution in [2.45, 2.75) is 55.9 Å². The molecule has 1 unspecified atom stereocenters. The van der Waals surface area contributed by atoms with Crippen LogP contribution in [0.3, 0.4) is 0 Å². The van der Waals surface area contributed by atoms with Crippen molar-refractivity contribution in [3.63, 3.8) is 0 Å². The van der Waals surface area contributed by atoms with Crippen molar-refractivity contribution < 1.29 is 28.2 Å². The van der Waals surface area contributed by atoms with Crippen molar-refractivity contribution in [3.05, 3.63) is 40.3 Å². The number of benzene rings is 1. The summed E-state index contributed by atoms with van der Waals surface area (Å²) in [5.41, 5.74) is 3.96. The number of carbonyl (C=O) groups is 1. The third-order valence-corrected chi connectivity index (χ3v) is 8.07. The predicted octanol–water partition coefficient (Wildman–Crippen LogP) is 1.96. The van der Waals surface area contributed by atoms with Crippen molar-refractivity contribution in [3.8, 4) is 0 Å². The number of carbonyl (C=O) groups excluding carboxylic acids is 1. The molecule has 1 saturated heterocycles. The maximum absolute atomic E-state index is 13.2. The van der Waals surface area contributed by atoms with E-state index in [4.69, 9.17) is 5.73 Å². The number of thiazole rings is 1. The highest BCUT2D eigenvalue weighted by atomic mass is 32.1. The molecule has 200 valence electrons. The minimum Gasteiger partial charge on any atom is -0.383 e. The number of amides is 1. The molecule has 37 heavy (non-hydrogen) atoms. The lowest BCUT2D eigenvalue weighted by Gasteiger charge is -2.47. The molecular weight excluding hydrogens is 511 g/mol. The summed E-state index contributed by atoms with van der Waals surface area (Å²) in [6.45, 7) is 1.18. The Kier molecular flexibility index (Phi) is 6.87. The van der Waals surface area contributed by atoms with Gasteiger partial charge in [0.15, 0.2) is 5.82 Å². The quantitative estimate of drug-likeness (QED) is 0.287. The van der Waals surface area contributed by atoms with Crippen molar-refractivity contribution in [2.24, 2.45) is 5.73 Å². The van der Waals surface area contributed by atoms with Gasteiger partial charge in [-0.2, -0.15) is 18.3 Å². The lowest BCUT2D eigenvalue weighted by atomic mass is 9.81. The van der Waals surface area contributed by atoms with Crippen LogP contribution >= 0.6 is 11.3 Å². The molecule has 3 heterocycles. The molecule has 1 saturated carbocycles. The molecule has 0 spiro atoms. The molecule has 2 aliphatic rings. The van der Waals surface area contributed by atoms with E-state index in [1.807, 2.05) is 5.38 Å². The highest BCUT2D eigenvalue weighted by Crippen LogP contribution is 2.40. The smallest absolute Gasteiger partial charge is 0.383 e. The second kappa shape index (κ2) is 9.83. The van der Waals surface area contributed by atoms with Crippen molar-refractivity contribution in [1.82, 2.24) is 25.0 Å². The Morgan fingerprint density at radius 1 is 1.30 bits per heavy atom. The monoisotopic (exact) mass is 539 g/mol. The van der Waals surface area contributed by atoms with Gasteiger partial charge >= 0.3 is 6.18 Å². The van der Waals surface area contributed by atoms with E-state index in [0.717, 1.165) is 34.7 Å². The van der Waals surface area contributed by atoms with Gasteiger partial charge in [-0.3, -0.25) is 15.4 Å². The van der Waals surface area contributed by atoms with Gasteiger partial charge in [0.05, 0.1) is 23.7 Å². The number of anilines is 1. The average molecular weight is 540 g/mol. The number of nitrogens with one attached hydrogen (secondary N) is 2. The largest absolute Gasteiger partial charge is 0.416 e. The predicted molar refractivity (Wildman–Crippen MR) is 130 cm³/mol. The first kappa shape index (κ1) is 25.9. The van der Waals surface area contributed by atoms with Crippen LogP contribution in [0.1, 0.15) is 42.6 Å². The molecule has 10 nitrogen and oxygen atoms in total. The van der Waals surface area contributed by atoms with Gasteiger partial charge in [-0.1, -0.05) is 0 Å². The number of nitrogens with two attached hydrogens (primary N) is 1. The number of aromatic nitrogens is 3. The van der Waals surface area contributed by atoms with Crippen LogP contribution in [0.4, 0.5) is 19.0 Å². The number of aliphatic hydroxyl groups excluding tert-OH is 1. The number of alkyl halides is 3. The van der Waals surface area contributed by atoms with Crippen LogP contribution < -0.4 is 16.4 Å². The summed E-state index contributed by atoms with van der Waals surface area (Å²) in [5.74, 6) is -0.305. The third-order valence-electron chi connectivity index (χ3n) is 7.10. The van der Waals surface area contributed by atoms with Crippen LogP contribution in [0.5, 0.6) is 0 Å². The van der Waals surface area contributed by atoms with Crippen LogP contribution in [0.15, 0.2) is 29.8 Å². The summed E-state index contributed by atoms with van der Waals surface area (Å²) < 4.78 is 40.5. The number of hydrogen-bond acceptors (Lipinski definition) is 9. The lowest BCUT2D eigenvalue weighted by molar-refractivity contribution is -0.137. The molecule has 3 aromatic rings. The van der Waals surface area contributed by atoms with E-state index >= 15 is 0 Å². The van der Waals surface area contributed by atoms with Crippen molar-refractivity contribution >= 4 is 34.0 Å². The fraction of sp³-hybridized carbons (Fsp3) is 0.522. The second-order valence-corrected chi connectivity index (χ2v) is 10.5. The van der Waals surface area contributed by atoms with E-state index in [0.29, 0.717) is 32.0 Å². The molecule has 0 radical (unpaired) electrons. The van der Waals surface area contributed by atoms with E-state index in [1.54, 1.807) is 6.20 Å². The maximum Gasteiger partial charge on any atom is 0.416 e. The maximum atomic E-state index is 13.2. The van der Waals surface area contributed by atoms with Gasteiger partial charge in [0.2, 0.25) is 12.3 Å². The Labute approximate surface area is 214 Å².